The molecule has 2 aromatic carbocycles. The van der Waals surface area contributed by atoms with Gasteiger partial charge in [-0.25, -0.2) is 8.42 Å². The second kappa shape index (κ2) is 10.4. The number of nitrogens with one attached hydrogen (secondary N) is 1. The number of ether oxygens (including phenoxy) is 2. The number of methoxy groups -OCH3 is 1. The molecule has 1 N–H and O–H groups in total. The van der Waals surface area contributed by atoms with Crippen LogP contribution in [0.3, 0.4) is 0 Å². The Balaban J connectivity index is 1.97. The first-order valence-corrected chi connectivity index (χ1v) is 13.7. The quantitative estimate of drug-likeness (QED) is 0.510. The minimum Gasteiger partial charge on any atom is -0.495 e. The van der Waals surface area contributed by atoms with E-state index in [1.54, 1.807) is 19.1 Å². The van der Waals surface area contributed by atoms with E-state index in [0.717, 1.165) is 34.7 Å². The zero-order valence-electron chi connectivity index (χ0n) is 20.3. The molecule has 0 spiro atoms. The summed E-state index contributed by atoms with van der Waals surface area (Å²) in [4.78, 5) is 13.6. The Bertz CT molecular complexity index is 1130. The second-order valence-electron chi connectivity index (χ2n) is 8.60. The van der Waals surface area contributed by atoms with Crippen molar-refractivity contribution in [1.82, 2.24) is 5.32 Å². The number of hydrogen-bond acceptors (Lipinski definition) is 5. The van der Waals surface area contributed by atoms with E-state index in [9.17, 15) is 13.2 Å². The van der Waals surface area contributed by atoms with Gasteiger partial charge in [0, 0.05) is 12.0 Å². The smallest absolute Gasteiger partial charge is 0.244 e. The van der Waals surface area contributed by atoms with Crippen LogP contribution in [0, 0.1) is 0 Å². The van der Waals surface area contributed by atoms with Crippen LogP contribution in [0.4, 0.5) is 5.69 Å². The Labute approximate surface area is 207 Å². The number of amides is 1. The van der Waals surface area contributed by atoms with Gasteiger partial charge < -0.3 is 14.8 Å². The van der Waals surface area contributed by atoms with Crippen molar-refractivity contribution < 1.29 is 22.7 Å². The molecule has 0 radical (unpaired) electrons. The molecule has 0 unspecified atom stereocenters. The summed E-state index contributed by atoms with van der Waals surface area (Å²) in [5.41, 5.74) is 0.800. The van der Waals surface area contributed by atoms with Crippen LogP contribution in [0.2, 0.25) is 5.02 Å². The molecule has 0 saturated heterocycles. The van der Waals surface area contributed by atoms with Crippen LogP contribution in [0.1, 0.15) is 58.1 Å². The van der Waals surface area contributed by atoms with Crippen molar-refractivity contribution in [3.05, 3.63) is 53.1 Å². The molecule has 0 bridgehead atoms. The van der Waals surface area contributed by atoms with Crippen LogP contribution in [-0.2, 0) is 14.8 Å². The van der Waals surface area contributed by atoms with Gasteiger partial charge in [0.25, 0.3) is 0 Å². The molecule has 9 heteroatoms. The number of hydrogen-bond donors (Lipinski definition) is 1. The highest BCUT2D eigenvalue weighted by atomic mass is 35.5. The molecule has 1 amide bonds. The van der Waals surface area contributed by atoms with Gasteiger partial charge in [0.15, 0.2) is 0 Å². The molecule has 7 nitrogen and oxygen atoms in total. The summed E-state index contributed by atoms with van der Waals surface area (Å²) in [7, 11) is -2.31. The van der Waals surface area contributed by atoms with Crippen LogP contribution in [-0.4, -0.2) is 39.3 Å². The lowest BCUT2D eigenvalue weighted by Gasteiger charge is -2.42. The van der Waals surface area contributed by atoms with Gasteiger partial charge in [-0.15, -0.1) is 0 Å². The molecular weight excluding hydrogens is 476 g/mol. The zero-order chi connectivity index (χ0) is 25.1. The maximum absolute atomic E-state index is 13.6. The normalized spacial score (nSPS) is 17.8. The Morgan fingerprint density at radius 2 is 1.91 bits per heavy atom. The third kappa shape index (κ3) is 5.28. The highest BCUT2D eigenvalue weighted by Crippen LogP contribution is 2.43. The average Bonchev–Trinajstić information content (AvgIpc) is 2.81. The molecule has 0 aromatic heterocycles. The van der Waals surface area contributed by atoms with Crippen LogP contribution in [0.5, 0.6) is 11.5 Å². The van der Waals surface area contributed by atoms with Gasteiger partial charge in [0.05, 0.1) is 30.1 Å². The fraction of sp³-hybridized carbons (Fsp3) is 0.480. The number of nitrogens with zero attached hydrogens (tertiary/aromatic N) is 1. The molecule has 0 fully saturated rings. The summed E-state index contributed by atoms with van der Waals surface area (Å²) < 4.78 is 38.3. The molecule has 34 heavy (non-hydrogen) atoms. The number of para-hydroxylation sites is 1. The molecular formula is C25H33ClN2O5S. The van der Waals surface area contributed by atoms with Crippen LogP contribution in [0.25, 0.3) is 0 Å². The fourth-order valence-electron chi connectivity index (χ4n) is 4.55. The largest absolute Gasteiger partial charge is 0.495 e. The molecule has 1 heterocycles. The third-order valence-electron chi connectivity index (χ3n) is 6.52. The van der Waals surface area contributed by atoms with E-state index in [4.69, 9.17) is 21.1 Å². The minimum absolute atomic E-state index is 0.262. The van der Waals surface area contributed by atoms with Gasteiger partial charge in [-0.3, -0.25) is 9.10 Å². The number of carbonyl (C=O) groups is 1. The van der Waals surface area contributed by atoms with E-state index in [2.05, 4.69) is 19.2 Å². The van der Waals surface area contributed by atoms with Gasteiger partial charge >= 0.3 is 0 Å². The summed E-state index contributed by atoms with van der Waals surface area (Å²) in [6, 6.07) is 11.1. The molecule has 1 aliphatic heterocycles. The maximum atomic E-state index is 13.6. The van der Waals surface area contributed by atoms with Crippen molar-refractivity contribution in [2.45, 2.75) is 64.1 Å². The number of fused-ring (bicyclic) bond motifs is 1. The summed E-state index contributed by atoms with van der Waals surface area (Å²) in [5.74, 6) is 0.797. The molecule has 0 saturated carbocycles. The van der Waals surface area contributed by atoms with Crippen LogP contribution < -0.4 is 19.1 Å². The molecule has 186 valence electrons. The number of benzene rings is 2. The predicted molar refractivity (Wildman–Crippen MR) is 135 cm³/mol. The van der Waals surface area contributed by atoms with Crippen molar-refractivity contribution in [1.29, 1.82) is 0 Å². The van der Waals surface area contributed by atoms with Gasteiger partial charge in [-0.1, -0.05) is 50.6 Å². The van der Waals surface area contributed by atoms with Crippen LogP contribution in [0.15, 0.2) is 42.5 Å². The van der Waals surface area contributed by atoms with Gasteiger partial charge in [-0.2, -0.15) is 0 Å². The minimum atomic E-state index is -3.80. The number of rotatable bonds is 9. The average molecular weight is 509 g/mol. The monoisotopic (exact) mass is 508 g/mol. The van der Waals surface area contributed by atoms with E-state index in [1.807, 2.05) is 24.3 Å². The van der Waals surface area contributed by atoms with E-state index >= 15 is 0 Å². The lowest BCUT2D eigenvalue weighted by atomic mass is 9.83. The number of anilines is 1. The first-order chi connectivity index (χ1) is 16.1. The standard InChI is InChI=1S/C25H33ClN2O5S/c1-6-21(28(34(5,30)31)17-13-14-23(32-4)19(26)15-17)24(29)27-20-16-25(7-2,8-3)33-22-12-10-9-11-18(20)22/h9-15,20-21H,6-8,16H2,1-5H3,(H,27,29)/t20-,21-/m0/s1. The summed E-state index contributed by atoms with van der Waals surface area (Å²) in [6.07, 6.45) is 3.55. The number of carbonyl (C=O) groups excluding carboxylic acids is 1. The van der Waals surface area contributed by atoms with Gasteiger partial charge in [-0.05, 0) is 43.5 Å². The molecule has 1 aliphatic rings. The maximum Gasteiger partial charge on any atom is 0.244 e. The van der Waals surface area contributed by atoms with E-state index < -0.39 is 21.7 Å². The highest BCUT2D eigenvalue weighted by Gasteiger charge is 2.40. The number of sulfonamides is 1. The van der Waals surface area contributed by atoms with Crippen molar-refractivity contribution >= 4 is 33.2 Å². The van der Waals surface area contributed by atoms with Crippen molar-refractivity contribution in [3.8, 4) is 11.5 Å². The Hall–Kier alpha value is -2.45. The topological polar surface area (TPSA) is 84.9 Å². The Morgan fingerprint density at radius 1 is 1.24 bits per heavy atom. The highest BCUT2D eigenvalue weighted by molar-refractivity contribution is 7.92. The first-order valence-electron chi connectivity index (χ1n) is 11.5. The number of halogens is 1. The molecule has 2 atom stereocenters. The van der Waals surface area contributed by atoms with Gasteiger partial charge in [0.1, 0.15) is 23.1 Å². The van der Waals surface area contributed by atoms with E-state index in [-0.39, 0.29) is 23.4 Å². The summed E-state index contributed by atoms with van der Waals surface area (Å²) in [5, 5.41) is 3.39. The molecule has 2 aromatic rings. The summed E-state index contributed by atoms with van der Waals surface area (Å²) >= 11 is 6.27. The SMILES string of the molecule is CC[C@@H](C(=O)N[C@H]1CC(CC)(CC)Oc2ccccc21)N(c1ccc(OC)c(Cl)c1)S(C)(=O)=O. The fourth-order valence-corrected chi connectivity index (χ4v) is 6.01. The zero-order valence-corrected chi connectivity index (χ0v) is 21.9. The lowest BCUT2D eigenvalue weighted by molar-refractivity contribution is -0.123. The predicted octanol–water partition coefficient (Wildman–Crippen LogP) is 5.09. The third-order valence-corrected chi connectivity index (χ3v) is 8.00. The Kier molecular flexibility index (Phi) is 8.03. The molecule has 0 aliphatic carbocycles. The first kappa shape index (κ1) is 26.2. The van der Waals surface area contributed by atoms with Crippen molar-refractivity contribution in [2.24, 2.45) is 0 Å². The van der Waals surface area contributed by atoms with Crippen molar-refractivity contribution in [3.63, 3.8) is 0 Å². The van der Waals surface area contributed by atoms with Crippen LogP contribution >= 0.6 is 11.6 Å². The Morgan fingerprint density at radius 3 is 2.47 bits per heavy atom. The summed E-state index contributed by atoms with van der Waals surface area (Å²) in [6.45, 7) is 5.93. The molecule has 3 rings (SSSR count). The lowest BCUT2D eigenvalue weighted by Crippen LogP contribution is -2.52. The van der Waals surface area contributed by atoms with Crippen molar-refractivity contribution in [2.75, 3.05) is 17.7 Å². The van der Waals surface area contributed by atoms with Gasteiger partial charge in [0.2, 0.25) is 15.9 Å². The van der Waals surface area contributed by atoms with E-state index in [1.165, 1.54) is 13.2 Å². The second-order valence-corrected chi connectivity index (χ2v) is 10.9. The van der Waals surface area contributed by atoms with E-state index in [0.29, 0.717) is 17.9 Å².